The smallest absolute Gasteiger partial charge is 0.271 e. The molecule has 3 aromatic carbocycles. The summed E-state index contributed by atoms with van der Waals surface area (Å²) in [7, 11) is 0. The van der Waals surface area contributed by atoms with Crippen LogP contribution in [0.4, 0.5) is 5.69 Å². The van der Waals surface area contributed by atoms with E-state index in [9.17, 15) is 4.79 Å². The lowest BCUT2D eigenvalue weighted by molar-refractivity contribution is 0.0955. The van der Waals surface area contributed by atoms with Crippen molar-refractivity contribution < 1.29 is 9.53 Å². The summed E-state index contributed by atoms with van der Waals surface area (Å²) in [5.74, 6) is 0.943. The van der Waals surface area contributed by atoms with Crippen molar-refractivity contribution in [1.29, 1.82) is 0 Å². The summed E-state index contributed by atoms with van der Waals surface area (Å²) in [4.78, 5) is 15.1. The molecule has 3 aromatic rings. The van der Waals surface area contributed by atoms with Crippen molar-refractivity contribution in [2.24, 2.45) is 11.0 Å². The number of carbonyl (C=O) groups is 1. The highest BCUT2D eigenvalue weighted by Crippen LogP contribution is 2.50. The number of hydrogen-bond acceptors (Lipinski definition) is 4. The first-order valence-corrected chi connectivity index (χ1v) is 14.3. The molecule has 4 rings (SSSR count). The molecular formula is C35H43N3O2. The van der Waals surface area contributed by atoms with Crippen molar-refractivity contribution in [2.75, 3.05) is 18.1 Å². The Hall–Kier alpha value is -3.86. The minimum absolute atomic E-state index is 0.0523. The van der Waals surface area contributed by atoms with Crippen LogP contribution >= 0.6 is 0 Å². The second-order valence-corrected chi connectivity index (χ2v) is 12.2. The zero-order chi connectivity index (χ0) is 28.9. The van der Waals surface area contributed by atoms with Crippen molar-refractivity contribution >= 4 is 17.8 Å². The Morgan fingerprint density at radius 3 is 2.38 bits per heavy atom. The molecule has 1 heterocycles. The Morgan fingerprint density at radius 1 is 1.05 bits per heavy atom. The van der Waals surface area contributed by atoms with Crippen LogP contribution in [0.15, 0.2) is 89.7 Å². The molecule has 1 aliphatic rings. The van der Waals surface area contributed by atoms with E-state index in [1.807, 2.05) is 18.2 Å². The second kappa shape index (κ2) is 12.1. The minimum Gasteiger partial charge on any atom is -0.493 e. The van der Waals surface area contributed by atoms with E-state index in [1.165, 1.54) is 28.1 Å². The Bertz CT molecular complexity index is 1370. The van der Waals surface area contributed by atoms with E-state index in [4.69, 9.17) is 4.74 Å². The normalized spacial score (nSPS) is 18.0. The number of allylic oxidation sites excluding steroid dienone is 2. The third-order valence-corrected chi connectivity index (χ3v) is 7.49. The Kier molecular flexibility index (Phi) is 8.82. The number of anilines is 1. The molecule has 0 saturated carbocycles. The molecule has 5 nitrogen and oxygen atoms in total. The Morgan fingerprint density at radius 2 is 1.75 bits per heavy atom. The minimum atomic E-state index is -0.256. The molecule has 1 N–H and O–H groups in total. The van der Waals surface area contributed by atoms with Gasteiger partial charge in [-0.3, -0.25) is 4.79 Å². The second-order valence-electron chi connectivity index (χ2n) is 12.2. The van der Waals surface area contributed by atoms with E-state index >= 15 is 0 Å². The number of rotatable bonds is 9. The number of nitrogens with one attached hydrogen (secondary N) is 1. The predicted octanol–water partition coefficient (Wildman–Crippen LogP) is 7.66. The summed E-state index contributed by atoms with van der Waals surface area (Å²) in [5.41, 5.74) is 9.35. The monoisotopic (exact) mass is 537 g/mol. The molecule has 1 aliphatic heterocycles. The first kappa shape index (κ1) is 29.1. The van der Waals surface area contributed by atoms with Crippen LogP contribution in [0.3, 0.4) is 0 Å². The van der Waals surface area contributed by atoms with Crippen LogP contribution in [0.2, 0.25) is 0 Å². The highest BCUT2D eigenvalue weighted by Gasteiger charge is 2.43. The summed E-state index contributed by atoms with van der Waals surface area (Å²) >= 11 is 0. The van der Waals surface area contributed by atoms with Gasteiger partial charge in [-0.2, -0.15) is 5.10 Å². The van der Waals surface area contributed by atoms with Gasteiger partial charge < -0.3 is 9.64 Å². The maximum Gasteiger partial charge on any atom is 0.271 e. The zero-order valence-corrected chi connectivity index (χ0v) is 25.0. The van der Waals surface area contributed by atoms with Crippen LogP contribution in [0, 0.1) is 5.92 Å². The lowest BCUT2D eigenvalue weighted by Gasteiger charge is -2.30. The quantitative estimate of drug-likeness (QED) is 0.225. The number of benzene rings is 3. The van der Waals surface area contributed by atoms with Gasteiger partial charge in [0, 0.05) is 35.1 Å². The van der Waals surface area contributed by atoms with Gasteiger partial charge in [-0.25, -0.2) is 5.43 Å². The van der Waals surface area contributed by atoms with Crippen LogP contribution in [0.5, 0.6) is 5.75 Å². The Balaban J connectivity index is 1.60. The molecule has 1 atom stereocenters. The van der Waals surface area contributed by atoms with Crippen molar-refractivity contribution in [3.8, 4) is 5.75 Å². The van der Waals surface area contributed by atoms with Gasteiger partial charge in [-0.05, 0) is 84.7 Å². The molecular weight excluding hydrogens is 494 g/mol. The van der Waals surface area contributed by atoms with Crippen LogP contribution in [-0.4, -0.2) is 25.3 Å². The third-order valence-electron chi connectivity index (χ3n) is 7.49. The van der Waals surface area contributed by atoms with Gasteiger partial charge >= 0.3 is 0 Å². The first-order chi connectivity index (χ1) is 19.0. The molecule has 210 valence electrons. The standard InChI is InChI=1S/C35H43N3O2/c1-8-38-31-19-16-28(34(4,5)6)22-30(31)35(7,23-26-12-10-9-11-13-26)32(38)20-21-36-37-33(39)27-14-17-29(18-15-27)40-24-25(2)3/h9-22,25H,8,23-24H2,1-7H3,(H,37,39)/b32-20-,36-21+. The van der Waals surface area contributed by atoms with Crippen molar-refractivity contribution in [1.82, 2.24) is 5.43 Å². The van der Waals surface area contributed by atoms with Crippen molar-refractivity contribution in [2.45, 2.75) is 65.7 Å². The van der Waals surface area contributed by atoms with E-state index in [-0.39, 0.29) is 16.7 Å². The topological polar surface area (TPSA) is 53.9 Å². The predicted molar refractivity (Wildman–Crippen MR) is 166 cm³/mol. The van der Waals surface area contributed by atoms with Crippen molar-refractivity contribution in [3.63, 3.8) is 0 Å². The number of nitrogens with zero attached hydrogens (tertiary/aromatic N) is 2. The first-order valence-electron chi connectivity index (χ1n) is 14.3. The van der Waals surface area contributed by atoms with Gasteiger partial charge in [0.2, 0.25) is 0 Å². The van der Waals surface area contributed by atoms with Crippen LogP contribution in [0.25, 0.3) is 0 Å². The van der Waals surface area contributed by atoms with Gasteiger partial charge in [0.05, 0.1) is 6.61 Å². The number of amides is 1. The maximum atomic E-state index is 12.7. The van der Waals surface area contributed by atoms with E-state index < -0.39 is 0 Å². The molecule has 0 fully saturated rings. The molecule has 1 amide bonds. The number of ether oxygens (including phenoxy) is 1. The lowest BCUT2D eigenvalue weighted by atomic mass is 9.74. The lowest BCUT2D eigenvalue weighted by Crippen LogP contribution is -2.31. The summed E-state index contributed by atoms with van der Waals surface area (Å²) in [6, 6.07) is 24.7. The van der Waals surface area contributed by atoms with E-state index in [1.54, 1.807) is 18.3 Å². The summed E-state index contributed by atoms with van der Waals surface area (Å²) in [5, 5.41) is 4.30. The largest absolute Gasteiger partial charge is 0.493 e. The molecule has 0 aromatic heterocycles. The fourth-order valence-corrected chi connectivity index (χ4v) is 5.28. The fraction of sp³-hybridized carbons (Fsp3) is 0.371. The molecule has 1 unspecified atom stereocenters. The van der Waals surface area contributed by atoms with Crippen LogP contribution in [-0.2, 0) is 17.3 Å². The maximum absolute atomic E-state index is 12.7. The van der Waals surface area contributed by atoms with Gasteiger partial charge in [0.25, 0.3) is 5.91 Å². The molecule has 0 radical (unpaired) electrons. The van der Waals surface area contributed by atoms with Gasteiger partial charge in [-0.15, -0.1) is 0 Å². The van der Waals surface area contributed by atoms with Crippen molar-refractivity contribution in [3.05, 3.63) is 107 Å². The molecule has 0 bridgehead atoms. The number of likely N-dealkylation sites (N-methyl/N-ethyl adjacent to an activating group) is 1. The Labute approximate surface area is 240 Å². The summed E-state index contributed by atoms with van der Waals surface area (Å²) in [6.07, 6.45) is 4.62. The average molecular weight is 538 g/mol. The summed E-state index contributed by atoms with van der Waals surface area (Å²) < 4.78 is 5.72. The van der Waals surface area contributed by atoms with Crippen LogP contribution < -0.4 is 15.1 Å². The molecule has 40 heavy (non-hydrogen) atoms. The average Bonchev–Trinajstić information content (AvgIpc) is 3.16. The van der Waals surface area contributed by atoms with Gasteiger partial charge in [0.1, 0.15) is 5.75 Å². The number of hydrazone groups is 1. The number of carbonyl (C=O) groups excluding carboxylic acids is 1. The fourth-order valence-electron chi connectivity index (χ4n) is 5.28. The highest BCUT2D eigenvalue weighted by molar-refractivity contribution is 5.94. The van der Waals surface area contributed by atoms with E-state index in [0.717, 1.165) is 18.7 Å². The van der Waals surface area contributed by atoms with Gasteiger partial charge in [-0.1, -0.05) is 77.1 Å². The van der Waals surface area contributed by atoms with E-state index in [0.29, 0.717) is 18.1 Å². The number of hydrogen-bond donors (Lipinski definition) is 1. The SMILES string of the molecule is CCN1/C(=C\C=N\NC(=O)c2ccc(OCC(C)C)cc2)C(C)(Cc2ccccc2)c2cc(C(C)(C)C)ccc21. The van der Waals surface area contributed by atoms with Crippen LogP contribution in [0.1, 0.15) is 75.5 Å². The number of fused-ring (bicyclic) bond motifs is 1. The van der Waals surface area contributed by atoms with E-state index in [2.05, 4.69) is 112 Å². The molecule has 0 aliphatic carbocycles. The van der Waals surface area contributed by atoms with Gasteiger partial charge in [0.15, 0.2) is 0 Å². The molecule has 5 heteroatoms. The molecule has 0 saturated heterocycles. The molecule has 0 spiro atoms. The third kappa shape index (κ3) is 6.47. The summed E-state index contributed by atoms with van der Waals surface area (Å²) in [6.45, 7) is 17.0. The zero-order valence-electron chi connectivity index (χ0n) is 25.0. The highest BCUT2D eigenvalue weighted by atomic mass is 16.5.